The molecular formula is C11H14O2S2. The first-order valence-corrected chi connectivity index (χ1v) is 7.47. The zero-order chi connectivity index (χ0) is 10.7. The van der Waals surface area contributed by atoms with Gasteiger partial charge in [0.2, 0.25) is 0 Å². The first-order chi connectivity index (χ1) is 7.27. The fourth-order valence-electron chi connectivity index (χ4n) is 1.91. The van der Waals surface area contributed by atoms with Crippen LogP contribution < -0.4 is 0 Å². The van der Waals surface area contributed by atoms with Crippen molar-refractivity contribution in [3.63, 3.8) is 0 Å². The quantitative estimate of drug-likeness (QED) is 0.761. The van der Waals surface area contributed by atoms with E-state index >= 15 is 0 Å². The number of rotatable bonds is 4. The van der Waals surface area contributed by atoms with Crippen LogP contribution in [0.1, 0.15) is 35.4 Å². The van der Waals surface area contributed by atoms with Gasteiger partial charge in [-0.15, -0.1) is 11.3 Å². The van der Waals surface area contributed by atoms with E-state index < -0.39 is 10.8 Å². The van der Waals surface area contributed by atoms with Crippen LogP contribution in [0.4, 0.5) is 0 Å². The Bertz CT molecular complexity index is 351. The molecule has 1 heterocycles. The molecule has 0 spiro atoms. The van der Waals surface area contributed by atoms with E-state index in [1.165, 1.54) is 24.2 Å². The fraction of sp³-hybridized carbons (Fsp3) is 0.545. The van der Waals surface area contributed by atoms with Crippen LogP contribution >= 0.6 is 11.3 Å². The van der Waals surface area contributed by atoms with Crippen molar-refractivity contribution < 1.29 is 9.00 Å². The van der Waals surface area contributed by atoms with Gasteiger partial charge in [-0.2, -0.15) is 0 Å². The predicted octanol–water partition coefficient (Wildman–Crippen LogP) is 2.62. The summed E-state index contributed by atoms with van der Waals surface area (Å²) in [5.74, 6) is 0.251. The summed E-state index contributed by atoms with van der Waals surface area (Å²) in [5.41, 5.74) is 0. The molecule has 1 saturated carbocycles. The van der Waals surface area contributed by atoms with Gasteiger partial charge in [0.05, 0.1) is 10.6 Å². The van der Waals surface area contributed by atoms with E-state index in [1.54, 1.807) is 6.07 Å². The molecular weight excluding hydrogens is 228 g/mol. The topological polar surface area (TPSA) is 34.1 Å². The summed E-state index contributed by atoms with van der Waals surface area (Å²) in [6.45, 7) is 0. The number of hydrogen-bond donors (Lipinski definition) is 0. The molecule has 1 aliphatic rings. The smallest absolute Gasteiger partial charge is 0.185 e. The molecule has 2 nitrogen and oxygen atoms in total. The third-order valence-electron chi connectivity index (χ3n) is 2.74. The zero-order valence-corrected chi connectivity index (χ0v) is 10.1. The Balaban J connectivity index is 1.91. The highest BCUT2D eigenvalue weighted by molar-refractivity contribution is 7.86. The first-order valence-electron chi connectivity index (χ1n) is 5.21. The van der Waals surface area contributed by atoms with Crippen LogP contribution in [0.15, 0.2) is 17.5 Å². The summed E-state index contributed by atoms with van der Waals surface area (Å²) in [5, 5.41) is 2.15. The monoisotopic (exact) mass is 242 g/mol. The van der Waals surface area contributed by atoms with Crippen LogP contribution in [0.25, 0.3) is 0 Å². The number of ketones is 1. The number of carbonyl (C=O) groups excluding carboxylic acids is 1. The average molecular weight is 242 g/mol. The van der Waals surface area contributed by atoms with Gasteiger partial charge in [0.15, 0.2) is 5.78 Å². The lowest BCUT2D eigenvalue weighted by atomic mass is 10.3. The summed E-state index contributed by atoms with van der Waals surface area (Å²) in [6, 6.07) is 3.66. The van der Waals surface area contributed by atoms with E-state index in [1.807, 2.05) is 11.4 Å². The molecule has 1 aliphatic carbocycles. The maximum Gasteiger partial charge on any atom is 0.185 e. The van der Waals surface area contributed by atoms with Crippen molar-refractivity contribution in [3.05, 3.63) is 22.4 Å². The Labute approximate surface area is 96.2 Å². The third kappa shape index (κ3) is 2.75. The Morgan fingerprint density at radius 1 is 1.47 bits per heavy atom. The molecule has 1 fully saturated rings. The van der Waals surface area contributed by atoms with E-state index in [2.05, 4.69) is 0 Å². The Kier molecular flexibility index (Phi) is 3.70. The molecule has 1 unspecified atom stereocenters. The molecule has 0 amide bonds. The van der Waals surface area contributed by atoms with Gasteiger partial charge in [-0.25, -0.2) is 0 Å². The van der Waals surface area contributed by atoms with Crippen LogP contribution in [-0.2, 0) is 10.8 Å². The van der Waals surface area contributed by atoms with Crippen LogP contribution in [0.5, 0.6) is 0 Å². The second-order valence-corrected chi connectivity index (χ2v) is 6.50. The number of Topliss-reactive ketones (excluding diaryl/α,β-unsaturated/α-hetero) is 1. The molecule has 4 heteroatoms. The van der Waals surface area contributed by atoms with Gasteiger partial charge < -0.3 is 0 Å². The van der Waals surface area contributed by atoms with Gasteiger partial charge in [-0.1, -0.05) is 18.9 Å². The molecule has 1 aromatic heterocycles. The van der Waals surface area contributed by atoms with Gasteiger partial charge in [-0.05, 0) is 24.3 Å². The van der Waals surface area contributed by atoms with Crippen molar-refractivity contribution in [1.82, 2.24) is 0 Å². The molecule has 0 radical (unpaired) electrons. The molecule has 1 atom stereocenters. The normalized spacial score (nSPS) is 19.2. The Hall–Kier alpha value is -0.480. The van der Waals surface area contributed by atoms with E-state index in [-0.39, 0.29) is 16.8 Å². The summed E-state index contributed by atoms with van der Waals surface area (Å²) in [4.78, 5) is 12.4. The second-order valence-electron chi connectivity index (χ2n) is 3.83. The minimum atomic E-state index is -0.953. The predicted molar refractivity (Wildman–Crippen MR) is 63.9 cm³/mol. The second kappa shape index (κ2) is 5.03. The molecule has 0 aliphatic heterocycles. The summed E-state index contributed by atoms with van der Waals surface area (Å²) in [7, 11) is -0.953. The van der Waals surface area contributed by atoms with Crippen molar-refractivity contribution in [2.24, 2.45) is 0 Å². The lowest BCUT2D eigenvalue weighted by Crippen LogP contribution is -2.19. The number of thiophene rings is 1. The van der Waals surface area contributed by atoms with Crippen molar-refractivity contribution in [1.29, 1.82) is 0 Å². The molecule has 0 N–H and O–H groups in total. The van der Waals surface area contributed by atoms with Gasteiger partial charge in [0.25, 0.3) is 0 Å². The van der Waals surface area contributed by atoms with E-state index in [0.29, 0.717) is 0 Å². The van der Waals surface area contributed by atoms with Gasteiger partial charge >= 0.3 is 0 Å². The summed E-state index contributed by atoms with van der Waals surface area (Å²) in [6.07, 6.45) is 4.40. The highest BCUT2D eigenvalue weighted by atomic mass is 32.2. The SMILES string of the molecule is O=C(CS(=O)C1CCCC1)c1cccs1. The molecule has 0 saturated heterocycles. The largest absolute Gasteiger partial charge is 0.292 e. The van der Waals surface area contributed by atoms with Crippen molar-refractivity contribution in [2.75, 3.05) is 5.75 Å². The maximum absolute atomic E-state index is 11.8. The lowest BCUT2D eigenvalue weighted by Gasteiger charge is -2.07. The average Bonchev–Trinajstić information content (AvgIpc) is 2.91. The number of hydrogen-bond acceptors (Lipinski definition) is 3. The molecule has 15 heavy (non-hydrogen) atoms. The van der Waals surface area contributed by atoms with Gasteiger partial charge in [0, 0.05) is 16.0 Å². The highest BCUT2D eigenvalue weighted by Gasteiger charge is 2.23. The highest BCUT2D eigenvalue weighted by Crippen LogP contribution is 2.23. The van der Waals surface area contributed by atoms with Crippen molar-refractivity contribution in [2.45, 2.75) is 30.9 Å². The minimum Gasteiger partial charge on any atom is -0.292 e. The van der Waals surface area contributed by atoms with Gasteiger partial charge in [-0.3, -0.25) is 9.00 Å². The standard InChI is InChI=1S/C11H14O2S2/c12-10(11-6-3-7-14-11)8-15(13)9-4-1-2-5-9/h3,6-7,9H,1-2,4-5,8H2. The molecule has 0 aromatic carbocycles. The molecule has 82 valence electrons. The van der Waals surface area contributed by atoms with E-state index in [9.17, 15) is 9.00 Å². The number of carbonyl (C=O) groups is 1. The van der Waals surface area contributed by atoms with Crippen LogP contribution in [0, 0.1) is 0 Å². The van der Waals surface area contributed by atoms with E-state index in [4.69, 9.17) is 0 Å². The summed E-state index contributed by atoms with van der Waals surface area (Å²) >= 11 is 1.43. The first kappa shape index (κ1) is 11.0. The Morgan fingerprint density at radius 3 is 2.80 bits per heavy atom. The minimum absolute atomic E-state index is 0.0373. The van der Waals surface area contributed by atoms with Crippen LogP contribution in [-0.4, -0.2) is 21.0 Å². The maximum atomic E-state index is 11.8. The lowest BCUT2D eigenvalue weighted by molar-refractivity contribution is 0.102. The third-order valence-corrected chi connectivity index (χ3v) is 5.42. The summed E-state index contributed by atoms with van der Waals surface area (Å²) < 4.78 is 11.8. The van der Waals surface area contributed by atoms with Crippen molar-refractivity contribution >= 4 is 27.9 Å². The van der Waals surface area contributed by atoms with Gasteiger partial charge in [0.1, 0.15) is 0 Å². The molecule has 0 bridgehead atoms. The van der Waals surface area contributed by atoms with Crippen molar-refractivity contribution in [3.8, 4) is 0 Å². The van der Waals surface area contributed by atoms with E-state index in [0.717, 1.165) is 17.7 Å². The Morgan fingerprint density at radius 2 is 2.20 bits per heavy atom. The van der Waals surface area contributed by atoms with Crippen LogP contribution in [0.3, 0.4) is 0 Å². The molecule has 2 rings (SSSR count). The zero-order valence-electron chi connectivity index (χ0n) is 8.48. The van der Waals surface area contributed by atoms with Crippen LogP contribution in [0.2, 0.25) is 0 Å². The molecule has 1 aromatic rings. The fourth-order valence-corrected chi connectivity index (χ4v) is 4.17.